The van der Waals surface area contributed by atoms with E-state index in [9.17, 15) is 24.3 Å². The van der Waals surface area contributed by atoms with Crippen molar-refractivity contribution in [3.8, 4) is 0 Å². The van der Waals surface area contributed by atoms with Gasteiger partial charge in [-0.1, -0.05) is 83.8 Å². The molecule has 0 aliphatic rings. The Morgan fingerprint density at radius 1 is 0.870 bits per heavy atom. The lowest BCUT2D eigenvalue weighted by Crippen LogP contribution is -2.45. The second-order valence-corrected chi connectivity index (χ2v) is 12.6. The molecule has 1 aromatic heterocycles. The van der Waals surface area contributed by atoms with Crippen LogP contribution in [0.3, 0.4) is 0 Å². The van der Waals surface area contributed by atoms with Gasteiger partial charge < -0.3 is 30.3 Å². The van der Waals surface area contributed by atoms with Crippen molar-refractivity contribution in [3.05, 3.63) is 6.20 Å². The Bertz CT molecular complexity index is 995. The summed E-state index contributed by atoms with van der Waals surface area (Å²) in [6.07, 6.45) is 11.8. The predicted octanol–water partition coefficient (Wildman–Crippen LogP) is 4.15. The van der Waals surface area contributed by atoms with E-state index < -0.39 is 30.8 Å². The first-order valence-electron chi connectivity index (χ1n) is 16.9. The summed E-state index contributed by atoms with van der Waals surface area (Å²) in [4.78, 5) is 50.8. The van der Waals surface area contributed by atoms with E-state index in [0.29, 0.717) is 12.8 Å². The van der Waals surface area contributed by atoms with Crippen LogP contribution in [0.4, 0.5) is 5.82 Å². The molecule has 0 saturated carbocycles. The minimum atomic E-state index is -1.03. The minimum absolute atomic E-state index is 0.00479. The number of nitrogens with one attached hydrogen (secondary N) is 2. The molecule has 0 spiro atoms. The minimum Gasteiger partial charge on any atom is -0.462 e. The highest BCUT2D eigenvalue weighted by Gasteiger charge is 2.24. The number of nitrogens with zero attached hydrogens (tertiary/aromatic N) is 3. The summed E-state index contributed by atoms with van der Waals surface area (Å²) < 4.78 is 12.4. The van der Waals surface area contributed by atoms with Gasteiger partial charge in [-0.15, -0.1) is 5.10 Å². The van der Waals surface area contributed by atoms with Crippen molar-refractivity contribution in [2.24, 2.45) is 0 Å². The molecule has 1 aromatic rings. The van der Waals surface area contributed by atoms with Gasteiger partial charge in [0.05, 0.1) is 25.5 Å². The maximum atomic E-state index is 13.2. The van der Waals surface area contributed by atoms with Crippen LogP contribution in [0, 0.1) is 0 Å². The molecule has 14 heteroatoms. The number of thioether (sulfide) groups is 1. The van der Waals surface area contributed by atoms with Crippen molar-refractivity contribution in [2.45, 2.75) is 142 Å². The highest BCUT2D eigenvalue weighted by molar-refractivity contribution is 7.99. The van der Waals surface area contributed by atoms with Crippen LogP contribution >= 0.6 is 11.8 Å². The Balaban J connectivity index is 2.85. The van der Waals surface area contributed by atoms with Crippen LogP contribution in [0.5, 0.6) is 0 Å². The Labute approximate surface area is 278 Å². The van der Waals surface area contributed by atoms with Crippen LogP contribution < -0.4 is 10.6 Å². The summed E-state index contributed by atoms with van der Waals surface area (Å²) in [7, 11) is 0. The molecule has 0 saturated heterocycles. The van der Waals surface area contributed by atoms with Crippen molar-refractivity contribution in [2.75, 3.05) is 30.0 Å². The van der Waals surface area contributed by atoms with Gasteiger partial charge in [-0.05, 0) is 19.3 Å². The van der Waals surface area contributed by atoms with E-state index in [1.54, 1.807) is 0 Å². The zero-order chi connectivity index (χ0) is 34.0. The van der Waals surface area contributed by atoms with Crippen LogP contribution in [-0.2, 0) is 35.2 Å². The summed E-state index contributed by atoms with van der Waals surface area (Å²) in [6, 6.07) is -0.927. The van der Waals surface area contributed by atoms with E-state index in [1.807, 2.05) is 0 Å². The Morgan fingerprint density at radius 2 is 1.48 bits per heavy atom. The largest absolute Gasteiger partial charge is 0.462 e. The third-order valence-electron chi connectivity index (χ3n) is 7.09. The average Bonchev–Trinajstić information content (AvgIpc) is 3.47. The summed E-state index contributed by atoms with van der Waals surface area (Å²) in [6.45, 7) is 5.75. The van der Waals surface area contributed by atoms with Gasteiger partial charge in [-0.3, -0.25) is 19.2 Å². The number of ether oxygens (including phenoxy) is 2. The normalized spacial score (nSPS) is 13.1. The van der Waals surface area contributed by atoms with Gasteiger partial charge in [0.15, 0.2) is 5.82 Å². The van der Waals surface area contributed by atoms with Crippen LogP contribution in [-0.4, -0.2) is 91.9 Å². The molecule has 13 nitrogen and oxygen atoms in total. The first-order valence-corrected chi connectivity index (χ1v) is 18.1. The third-order valence-corrected chi connectivity index (χ3v) is 8.27. The second-order valence-electron chi connectivity index (χ2n) is 11.5. The molecule has 4 N–H and O–H groups in total. The lowest BCUT2D eigenvalue weighted by molar-refractivity contribution is -0.157. The van der Waals surface area contributed by atoms with Crippen LogP contribution in [0.25, 0.3) is 0 Å². The molecule has 0 bridgehead atoms. The van der Waals surface area contributed by atoms with Crippen molar-refractivity contribution in [3.63, 3.8) is 0 Å². The number of esters is 2. The monoisotopic (exact) mass is 671 g/mol. The van der Waals surface area contributed by atoms with Gasteiger partial charge in [-0.2, -0.15) is 11.8 Å². The Kier molecular flexibility index (Phi) is 23.7. The Morgan fingerprint density at radius 3 is 2.09 bits per heavy atom. The number of rotatable bonds is 28. The van der Waals surface area contributed by atoms with Gasteiger partial charge in [0.1, 0.15) is 18.8 Å². The zero-order valence-corrected chi connectivity index (χ0v) is 28.9. The fourth-order valence-electron chi connectivity index (χ4n) is 4.42. The molecule has 0 unspecified atom stereocenters. The molecule has 0 radical (unpaired) electrons. The van der Waals surface area contributed by atoms with E-state index >= 15 is 0 Å². The van der Waals surface area contributed by atoms with E-state index in [1.165, 1.54) is 22.6 Å². The molecular weight excluding hydrogens is 614 g/mol. The number of hydrogen-bond donors (Lipinski definition) is 4. The number of carbonyl (C=O) groups excluding carboxylic acids is 4. The predicted molar refractivity (Wildman–Crippen MR) is 178 cm³/mol. The van der Waals surface area contributed by atoms with Gasteiger partial charge in [0.2, 0.25) is 11.8 Å². The van der Waals surface area contributed by atoms with E-state index in [-0.39, 0.29) is 61.2 Å². The molecule has 264 valence electrons. The zero-order valence-electron chi connectivity index (χ0n) is 28.0. The van der Waals surface area contributed by atoms with Gasteiger partial charge >= 0.3 is 11.9 Å². The van der Waals surface area contributed by atoms with E-state index in [2.05, 4.69) is 41.7 Å². The average molecular weight is 672 g/mol. The number of hydrogen-bond acceptors (Lipinski definition) is 11. The smallest absolute Gasteiger partial charge is 0.306 e. The fraction of sp³-hybridized carbons (Fsp3) is 0.812. The van der Waals surface area contributed by atoms with Crippen molar-refractivity contribution >= 4 is 41.3 Å². The molecule has 0 aliphatic carbocycles. The summed E-state index contributed by atoms with van der Waals surface area (Å²) >= 11 is 1.30. The SMILES string of the molecule is CCCCCCC(=O)N[C@H](CSC[C@@H](COC(=O)CCCCCC)OC(=O)CCCCCC)C(=O)Nc1cn(C[C@@H](O)CO)nn1. The molecule has 1 rings (SSSR count). The van der Waals surface area contributed by atoms with Gasteiger partial charge in [0, 0.05) is 30.8 Å². The number of carbonyl (C=O) groups is 4. The molecular formula is C32H57N5O8S. The number of amides is 2. The maximum absolute atomic E-state index is 13.2. The van der Waals surface area contributed by atoms with E-state index in [0.717, 1.165) is 70.6 Å². The first kappa shape index (κ1) is 41.3. The highest BCUT2D eigenvalue weighted by Crippen LogP contribution is 2.14. The van der Waals surface area contributed by atoms with Crippen LogP contribution in [0.2, 0.25) is 0 Å². The molecule has 2 amide bonds. The van der Waals surface area contributed by atoms with Crippen molar-refractivity contribution in [1.82, 2.24) is 20.3 Å². The maximum Gasteiger partial charge on any atom is 0.306 e. The summed E-state index contributed by atoms with van der Waals surface area (Å²) in [5, 5.41) is 31.9. The fourth-order valence-corrected chi connectivity index (χ4v) is 5.46. The molecule has 0 fully saturated rings. The number of aromatic nitrogens is 3. The topological polar surface area (TPSA) is 182 Å². The summed E-state index contributed by atoms with van der Waals surface area (Å²) in [5.74, 6) is -0.898. The highest BCUT2D eigenvalue weighted by atomic mass is 32.2. The second kappa shape index (κ2) is 26.4. The molecule has 3 atom stereocenters. The lowest BCUT2D eigenvalue weighted by atomic mass is 10.1. The quantitative estimate of drug-likeness (QED) is 0.0742. The molecule has 0 aromatic carbocycles. The van der Waals surface area contributed by atoms with Crippen LogP contribution in [0.15, 0.2) is 6.20 Å². The molecule has 0 aliphatic heterocycles. The lowest BCUT2D eigenvalue weighted by Gasteiger charge is -2.21. The summed E-state index contributed by atoms with van der Waals surface area (Å²) in [5.41, 5.74) is 0. The number of aliphatic hydroxyl groups is 2. The third kappa shape index (κ3) is 20.4. The van der Waals surface area contributed by atoms with E-state index in [4.69, 9.17) is 14.6 Å². The van der Waals surface area contributed by atoms with Gasteiger partial charge in [0.25, 0.3) is 0 Å². The van der Waals surface area contributed by atoms with Gasteiger partial charge in [-0.25, -0.2) is 4.68 Å². The molecule has 1 heterocycles. The van der Waals surface area contributed by atoms with Crippen molar-refractivity contribution < 1.29 is 38.9 Å². The Hall–Kier alpha value is -2.71. The van der Waals surface area contributed by atoms with Crippen LogP contribution in [0.1, 0.15) is 117 Å². The number of aliphatic hydroxyl groups excluding tert-OH is 2. The standard InChI is InChI=1S/C32H57N5O8S/c1-4-7-10-13-16-29(40)33-27(32(43)34-28-20-37(36-35-28)19-25(39)21-38)24-46-23-26(45-31(42)18-15-12-9-6-3)22-44-30(41)17-14-11-8-5-2/h20,25-27,38-39H,4-19,21-24H2,1-3H3,(H,33,40)(H,34,43)/t25-,26-,27-/m1/s1. The first-order chi connectivity index (χ1) is 22.2. The number of unbranched alkanes of at least 4 members (excludes halogenated alkanes) is 9. The molecule has 46 heavy (non-hydrogen) atoms. The number of anilines is 1. The van der Waals surface area contributed by atoms with Crippen molar-refractivity contribution in [1.29, 1.82) is 0 Å².